The van der Waals surface area contributed by atoms with Crippen LogP contribution in [0.25, 0.3) is 0 Å². The molecule has 1 rings (SSSR count). The maximum Gasteiger partial charge on any atom is 0.151 e. The minimum Gasteiger partial charge on any atom is -0.381 e. The van der Waals surface area contributed by atoms with Crippen LogP contribution < -0.4 is 5.32 Å². The molecule has 5 heteroatoms. The van der Waals surface area contributed by atoms with E-state index in [1.54, 1.807) is 6.92 Å². The lowest BCUT2D eigenvalue weighted by Gasteiger charge is -2.23. The van der Waals surface area contributed by atoms with Crippen LogP contribution in [0.15, 0.2) is 0 Å². The van der Waals surface area contributed by atoms with Gasteiger partial charge in [0.1, 0.15) is 0 Å². The van der Waals surface area contributed by atoms with E-state index in [0.717, 1.165) is 26.0 Å². The van der Waals surface area contributed by atoms with Gasteiger partial charge in [-0.3, -0.25) is 0 Å². The van der Waals surface area contributed by atoms with Crippen LogP contribution in [0.5, 0.6) is 0 Å². The highest BCUT2D eigenvalue weighted by molar-refractivity contribution is 7.91. The van der Waals surface area contributed by atoms with E-state index in [4.69, 9.17) is 4.74 Å². The topological polar surface area (TPSA) is 55.4 Å². The maximum atomic E-state index is 11.6. The fourth-order valence-corrected chi connectivity index (χ4v) is 3.13. The van der Waals surface area contributed by atoms with Crippen molar-refractivity contribution in [3.8, 4) is 0 Å². The number of hydrogen-bond donors (Lipinski definition) is 1. The van der Waals surface area contributed by atoms with E-state index in [-0.39, 0.29) is 17.5 Å². The van der Waals surface area contributed by atoms with Gasteiger partial charge in [-0.1, -0.05) is 13.8 Å². The fourth-order valence-electron chi connectivity index (χ4n) is 1.95. The van der Waals surface area contributed by atoms with E-state index in [9.17, 15) is 8.42 Å². The van der Waals surface area contributed by atoms with E-state index in [1.165, 1.54) is 0 Å². The standard InChI is InChI=1S/C11H23NO3S/c1-3-6-12-11(9-16(13,14)4-2)10-5-7-15-8-10/h10-12H,3-9H2,1-2H3. The van der Waals surface area contributed by atoms with Gasteiger partial charge in [0.2, 0.25) is 0 Å². The molecule has 1 fully saturated rings. The van der Waals surface area contributed by atoms with Crippen molar-refractivity contribution in [3.05, 3.63) is 0 Å². The third-order valence-electron chi connectivity index (χ3n) is 3.06. The maximum absolute atomic E-state index is 11.6. The van der Waals surface area contributed by atoms with Crippen molar-refractivity contribution in [2.45, 2.75) is 32.7 Å². The first-order chi connectivity index (χ1) is 7.59. The molecule has 0 bridgehead atoms. The summed E-state index contributed by atoms with van der Waals surface area (Å²) in [5.74, 6) is 0.829. The predicted molar refractivity (Wildman–Crippen MR) is 65.3 cm³/mol. The Balaban J connectivity index is 2.55. The lowest BCUT2D eigenvalue weighted by Crippen LogP contribution is -2.42. The lowest BCUT2D eigenvalue weighted by atomic mass is 10.0. The fraction of sp³-hybridized carbons (Fsp3) is 1.00. The molecular formula is C11H23NO3S. The smallest absolute Gasteiger partial charge is 0.151 e. The molecule has 16 heavy (non-hydrogen) atoms. The van der Waals surface area contributed by atoms with Gasteiger partial charge in [-0.05, 0) is 19.4 Å². The first kappa shape index (κ1) is 13.9. The van der Waals surface area contributed by atoms with Gasteiger partial charge in [0, 0.05) is 24.3 Å². The molecule has 0 aromatic heterocycles. The number of sulfone groups is 1. The van der Waals surface area contributed by atoms with Gasteiger partial charge in [-0.25, -0.2) is 8.42 Å². The summed E-state index contributed by atoms with van der Waals surface area (Å²) in [4.78, 5) is 0. The number of rotatable bonds is 7. The minimum atomic E-state index is -2.90. The molecule has 1 heterocycles. The van der Waals surface area contributed by atoms with Crippen LogP contribution in [0, 0.1) is 5.92 Å². The summed E-state index contributed by atoms with van der Waals surface area (Å²) in [5.41, 5.74) is 0. The molecule has 0 amide bonds. The molecular weight excluding hydrogens is 226 g/mol. The highest BCUT2D eigenvalue weighted by Crippen LogP contribution is 2.18. The molecule has 1 N–H and O–H groups in total. The van der Waals surface area contributed by atoms with Gasteiger partial charge >= 0.3 is 0 Å². The van der Waals surface area contributed by atoms with Crippen molar-refractivity contribution in [1.82, 2.24) is 5.32 Å². The largest absolute Gasteiger partial charge is 0.381 e. The zero-order valence-electron chi connectivity index (χ0n) is 10.2. The Bertz CT molecular complexity index is 284. The zero-order valence-corrected chi connectivity index (χ0v) is 11.1. The molecule has 4 nitrogen and oxygen atoms in total. The molecule has 0 saturated carbocycles. The van der Waals surface area contributed by atoms with Crippen LogP contribution in [-0.2, 0) is 14.6 Å². The zero-order chi connectivity index (χ0) is 12.0. The van der Waals surface area contributed by atoms with Crippen molar-refractivity contribution >= 4 is 9.84 Å². The van der Waals surface area contributed by atoms with Crippen molar-refractivity contribution < 1.29 is 13.2 Å². The van der Waals surface area contributed by atoms with Gasteiger partial charge in [-0.2, -0.15) is 0 Å². The molecule has 0 aliphatic carbocycles. The molecule has 2 atom stereocenters. The van der Waals surface area contributed by atoms with Gasteiger partial charge in [0.15, 0.2) is 9.84 Å². The molecule has 96 valence electrons. The van der Waals surface area contributed by atoms with E-state index in [2.05, 4.69) is 12.2 Å². The molecule has 0 spiro atoms. The Kier molecular flexibility index (Phi) is 5.72. The van der Waals surface area contributed by atoms with Crippen molar-refractivity contribution in [2.24, 2.45) is 5.92 Å². The second-order valence-electron chi connectivity index (χ2n) is 4.38. The van der Waals surface area contributed by atoms with Crippen molar-refractivity contribution in [2.75, 3.05) is 31.3 Å². The summed E-state index contributed by atoms with van der Waals surface area (Å²) in [6.07, 6.45) is 2.00. The van der Waals surface area contributed by atoms with Gasteiger partial charge in [0.05, 0.1) is 12.4 Å². The average molecular weight is 249 g/mol. The quantitative estimate of drug-likeness (QED) is 0.726. The SMILES string of the molecule is CCCNC(CS(=O)(=O)CC)C1CCOC1. The number of hydrogen-bond acceptors (Lipinski definition) is 4. The summed E-state index contributed by atoms with van der Waals surface area (Å²) in [5, 5.41) is 3.34. The third-order valence-corrected chi connectivity index (χ3v) is 4.81. The lowest BCUT2D eigenvalue weighted by molar-refractivity contribution is 0.178. The summed E-state index contributed by atoms with van der Waals surface area (Å²) < 4.78 is 28.6. The number of ether oxygens (including phenoxy) is 1. The summed E-state index contributed by atoms with van der Waals surface area (Å²) >= 11 is 0. The summed E-state index contributed by atoms with van der Waals surface area (Å²) in [7, 11) is -2.90. The molecule has 1 aliphatic heterocycles. The van der Waals surface area contributed by atoms with Crippen molar-refractivity contribution in [1.29, 1.82) is 0 Å². The van der Waals surface area contributed by atoms with Gasteiger partial charge in [0.25, 0.3) is 0 Å². The van der Waals surface area contributed by atoms with Crippen molar-refractivity contribution in [3.63, 3.8) is 0 Å². The Morgan fingerprint density at radius 1 is 1.44 bits per heavy atom. The predicted octanol–water partition coefficient (Wildman–Crippen LogP) is 0.826. The normalized spacial score (nSPS) is 23.5. The highest BCUT2D eigenvalue weighted by Gasteiger charge is 2.28. The van der Waals surface area contributed by atoms with Crippen LogP contribution in [0.1, 0.15) is 26.7 Å². The van der Waals surface area contributed by atoms with E-state index in [0.29, 0.717) is 12.5 Å². The van der Waals surface area contributed by atoms with Gasteiger partial charge in [-0.15, -0.1) is 0 Å². The van der Waals surface area contributed by atoms with Crippen LogP contribution in [0.4, 0.5) is 0 Å². The molecule has 0 aromatic rings. The molecule has 1 saturated heterocycles. The van der Waals surface area contributed by atoms with E-state index >= 15 is 0 Å². The molecule has 0 aromatic carbocycles. The second kappa shape index (κ2) is 6.57. The molecule has 2 unspecified atom stereocenters. The Morgan fingerprint density at radius 3 is 2.69 bits per heavy atom. The first-order valence-electron chi connectivity index (χ1n) is 6.10. The summed E-state index contributed by atoms with van der Waals surface area (Å²) in [6.45, 7) is 6.13. The summed E-state index contributed by atoms with van der Waals surface area (Å²) in [6, 6.07) is 0.0624. The van der Waals surface area contributed by atoms with Gasteiger partial charge < -0.3 is 10.1 Å². The molecule has 1 aliphatic rings. The first-order valence-corrected chi connectivity index (χ1v) is 7.92. The minimum absolute atomic E-state index is 0.0624. The van der Waals surface area contributed by atoms with Crippen LogP contribution in [0.2, 0.25) is 0 Å². The third kappa shape index (κ3) is 4.39. The van der Waals surface area contributed by atoms with E-state index in [1.807, 2.05) is 0 Å². The second-order valence-corrected chi connectivity index (χ2v) is 6.78. The Hall–Kier alpha value is -0.130. The van der Waals surface area contributed by atoms with Crippen LogP contribution >= 0.6 is 0 Å². The van der Waals surface area contributed by atoms with Crippen LogP contribution in [-0.4, -0.2) is 45.7 Å². The monoisotopic (exact) mass is 249 g/mol. The van der Waals surface area contributed by atoms with Crippen LogP contribution in [0.3, 0.4) is 0 Å². The Labute approximate surface area is 98.7 Å². The Morgan fingerprint density at radius 2 is 2.19 bits per heavy atom. The number of nitrogens with one attached hydrogen (secondary N) is 1. The van der Waals surface area contributed by atoms with E-state index < -0.39 is 9.84 Å². The molecule has 0 radical (unpaired) electrons. The average Bonchev–Trinajstić information content (AvgIpc) is 2.77. The highest BCUT2D eigenvalue weighted by atomic mass is 32.2.